The summed E-state index contributed by atoms with van der Waals surface area (Å²) < 4.78 is 0. The number of benzene rings is 1. The highest BCUT2D eigenvalue weighted by molar-refractivity contribution is 7.80. The van der Waals surface area contributed by atoms with Gasteiger partial charge in [-0.1, -0.05) is 11.6 Å². The molecule has 0 radical (unpaired) electrons. The van der Waals surface area contributed by atoms with Crippen LogP contribution in [-0.2, 0) is 4.79 Å². The highest BCUT2D eigenvalue weighted by Crippen LogP contribution is 2.19. The number of carbonyl (C=O) groups is 1. The molecule has 0 bridgehead atoms. The molecule has 1 amide bonds. The van der Waals surface area contributed by atoms with E-state index in [2.05, 4.69) is 10.2 Å². The number of primary amides is 1. The highest BCUT2D eigenvalue weighted by Gasteiger charge is 2.24. The van der Waals surface area contributed by atoms with Crippen molar-refractivity contribution in [2.24, 2.45) is 11.7 Å². The molecule has 6 heteroatoms. The van der Waals surface area contributed by atoms with Gasteiger partial charge in [0.15, 0.2) is 5.11 Å². The fourth-order valence-electron chi connectivity index (χ4n) is 2.10. The first-order valence-corrected chi connectivity index (χ1v) is 6.95. The number of nitrogens with zero attached hydrogens (tertiary/aromatic N) is 1. The van der Waals surface area contributed by atoms with Crippen LogP contribution >= 0.6 is 23.8 Å². The largest absolute Gasteiger partial charge is 0.369 e. The van der Waals surface area contributed by atoms with E-state index in [1.165, 1.54) is 0 Å². The summed E-state index contributed by atoms with van der Waals surface area (Å²) in [6.45, 7) is 1.51. The smallest absolute Gasteiger partial charge is 0.220 e. The number of piperidine rings is 1. The molecule has 3 N–H and O–H groups in total. The van der Waals surface area contributed by atoms with Gasteiger partial charge in [-0.05, 0) is 49.3 Å². The van der Waals surface area contributed by atoms with Gasteiger partial charge in [-0.3, -0.25) is 4.79 Å². The number of anilines is 1. The van der Waals surface area contributed by atoms with Crippen molar-refractivity contribution < 1.29 is 4.79 Å². The maximum atomic E-state index is 11.1. The lowest BCUT2D eigenvalue weighted by Gasteiger charge is -2.32. The van der Waals surface area contributed by atoms with Crippen LogP contribution in [-0.4, -0.2) is 29.0 Å². The van der Waals surface area contributed by atoms with Gasteiger partial charge < -0.3 is 16.0 Å². The van der Waals surface area contributed by atoms with Crippen molar-refractivity contribution in [2.75, 3.05) is 18.4 Å². The van der Waals surface area contributed by atoms with E-state index in [4.69, 9.17) is 29.6 Å². The zero-order chi connectivity index (χ0) is 13.8. The predicted molar refractivity (Wildman–Crippen MR) is 81.2 cm³/mol. The van der Waals surface area contributed by atoms with E-state index in [1.54, 1.807) is 0 Å². The average molecular weight is 298 g/mol. The molecule has 0 aromatic heterocycles. The van der Waals surface area contributed by atoms with Crippen molar-refractivity contribution in [3.05, 3.63) is 29.3 Å². The van der Waals surface area contributed by atoms with E-state index in [-0.39, 0.29) is 11.8 Å². The van der Waals surface area contributed by atoms with Crippen LogP contribution in [0.25, 0.3) is 0 Å². The minimum absolute atomic E-state index is 0.0189. The van der Waals surface area contributed by atoms with Gasteiger partial charge in [0.2, 0.25) is 5.91 Å². The minimum atomic E-state index is -0.212. The number of nitrogens with two attached hydrogens (primary N) is 1. The van der Waals surface area contributed by atoms with Crippen LogP contribution in [0, 0.1) is 5.92 Å². The summed E-state index contributed by atoms with van der Waals surface area (Å²) >= 11 is 11.2. The lowest BCUT2D eigenvalue weighted by Crippen LogP contribution is -2.43. The zero-order valence-electron chi connectivity index (χ0n) is 10.4. The first-order valence-electron chi connectivity index (χ1n) is 6.17. The Hall–Kier alpha value is -1.33. The number of thiocarbonyl (C=S) groups is 1. The first kappa shape index (κ1) is 14.1. The second kappa shape index (κ2) is 6.21. The lowest BCUT2D eigenvalue weighted by molar-refractivity contribution is -0.122. The van der Waals surface area contributed by atoms with Gasteiger partial charge in [0.1, 0.15) is 0 Å². The van der Waals surface area contributed by atoms with Gasteiger partial charge in [-0.2, -0.15) is 0 Å². The molecule has 1 aromatic carbocycles. The van der Waals surface area contributed by atoms with Crippen molar-refractivity contribution in [1.29, 1.82) is 0 Å². The summed E-state index contributed by atoms with van der Waals surface area (Å²) in [7, 11) is 0. The van der Waals surface area contributed by atoms with Gasteiger partial charge in [0.05, 0.1) is 0 Å². The Balaban J connectivity index is 1.88. The maximum Gasteiger partial charge on any atom is 0.220 e. The fraction of sp³-hybridized carbons (Fsp3) is 0.385. The molecule has 4 nitrogen and oxygen atoms in total. The number of carbonyl (C=O) groups excluding carboxylic acids is 1. The molecular formula is C13H16ClN3OS. The summed E-state index contributed by atoms with van der Waals surface area (Å²) in [5.74, 6) is -0.231. The van der Waals surface area contributed by atoms with E-state index in [0.717, 1.165) is 31.6 Å². The summed E-state index contributed by atoms with van der Waals surface area (Å²) in [5, 5.41) is 4.53. The van der Waals surface area contributed by atoms with E-state index in [9.17, 15) is 4.79 Å². The molecule has 0 unspecified atom stereocenters. The third kappa shape index (κ3) is 3.81. The van der Waals surface area contributed by atoms with Gasteiger partial charge >= 0.3 is 0 Å². The summed E-state index contributed by atoms with van der Waals surface area (Å²) in [4.78, 5) is 13.2. The third-order valence-corrected chi connectivity index (χ3v) is 3.89. The van der Waals surface area contributed by atoms with Crippen molar-refractivity contribution in [2.45, 2.75) is 12.8 Å². The molecule has 1 fully saturated rings. The average Bonchev–Trinajstić information content (AvgIpc) is 2.41. The second-order valence-electron chi connectivity index (χ2n) is 4.60. The third-order valence-electron chi connectivity index (χ3n) is 3.28. The standard InChI is InChI=1S/C13H16ClN3OS/c14-10-1-3-11(4-2-10)16-13(19)17-7-5-9(6-8-17)12(15)18/h1-4,9H,5-8H2,(H2,15,18)(H,16,19). The molecule has 1 saturated heterocycles. The zero-order valence-corrected chi connectivity index (χ0v) is 12.0. The van der Waals surface area contributed by atoms with Gasteiger partial charge in [0.25, 0.3) is 0 Å². The van der Waals surface area contributed by atoms with Crippen molar-refractivity contribution in [1.82, 2.24) is 4.90 Å². The molecular weight excluding hydrogens is 282 g/mol. The molecule has 0 atom stereocenters. The molecule has 0 aliphatic carbocycles. The molecule has 19 heavy (non-hydrogen) atoms. The Morgan fingerprint density at radius 2 is 1.89 bits per heavy atom. The van der Waals surface area contributed by atoms with E-state index in [1.807, 2.05) is 24.3 Å². The number of hydrogen-bond acceptors (Lipinski definition) is 2. The molecule has 1 aliphatic heterocycles. The number of hydrogen-bond donors (Lipinski definition) is 2. The van der Waals surface area contributed by atoms with E-state index in [0.29, 0.717) is 10.1 Å². The van der Waals surface area contributed by atoms with Crippen LogP contribution in [0.1, 0.15) is 12.8 Å². The molecule has 1 heterocycles. The van der Waals surface area contributed by atoms with Crippen LogP contribution in [0.2, 0.25) is 5.02 Å². The van der Waals surface area contributed by atoms with Crippen molar-refractivity contribution >= 4 is 40.5 Å². The molecule has 1 aliphatic rings. The SMILES string of the molecule is NC(=O)C1CCN(C(=S)Nc2ccc(Cl)cc2)CC1. The molecule has 0 spiro atoms. The van der Waals surface area contributed by atoms with Crippen LogP contribution in [0.5, 0.6) is 0 Å². The quantitative estimate of drug-likeness (QED) is 0.822. The van der Waals surface area contributed by atoms with Crippen molar-refractivity contribution in [3.63, 3.8) is 0 Å². The summed E-state index contributed by atoms with van der Waals surface area (Å²) in [6, 6.07) is 7.38. The number of halogens is 1. The van der Waals surface area contributed by atoms with Crippen LogP contribution in [0.3, 0.4) is 0 Å². The topological polar surface area (TPSA) is 58.4 Å². The Morgan fingerprint density at radius 1 is 1.32 bits per heavy atom. The lowest BCUT2D eigenvalue weighted by atomic mass is 9.97. The highest BCUT2D eigenvalue weighted by atomic mass is 35.5. The molecule has 0 saturated carbocycles. The number of amides is 1. The van der Waals surface area contributed by atoms with Crippen LogP contribution < -0.4 is 11.1 Å². The molecule has 102 valence electrons. The summed E-state index contributed by atoms with van der Waals surface area (Å²) in [6.07, 6.45) is 1.52. The Bertz CT molecular complexity index is 469. The van der Waals surface area contributed by atoms with E-state index < -0.39 is 0 Å². The van der Waals surface area contributed by atoms with Gasteiger partial charge in [-0.25, -0.2) is 0 Å². The molecule has 1 aromatic rings. The summed E-state index contributed by atoms with van der Waals surface area (Å²) in [5.41, 5.74) is 6.22. The molecule has 2 rings (SSSR count). The number of nitrogens with one attached hydrogen (secondary N) is 1. The Labute approximate surface area is 122 Å². The first-order chi connectivity index (χ1) is 9.06. The number of rotatable bonds is 2. The number of likely N-dealkylation sites (tertiary alicyclic amines) is 1. The minimum Gasteiger partial charge on any atom is -0.369 e. The van der Waals surface area contributed by atoms with Crippen LogP contribution in [0.15, 0.2) is 24.3 Å². The Kier molecular flexibility index (Phi) is 4.61. The van der Waals surface area contributed by atoms with Gasteiger partial charge in [-0.15, -0.1) is 0 Å². The normalized spacial score (nSPS) is 16.2. The monoisotopic (exact) mass is 297 g/mol. The van der Waals surface area contributed by atoms with Gasteiger partial charge in [0, 0.05) is 29.7 Å². The fourth-order valence-corrected chi connectivity index (χ4v) is 2.53. The van der Waals surface area contributed by atoms with Crippen LogP contribution in [0.4, 0.5) is 5.69 Å². The predicted octanol–water partition coefficient (Wildman–Crippen LogP) is 2.23. The second-order valence-corrected chi connectivity index (χ2v) is 5.42. The van der Waals surface area contributed by atoms with E-state index >= 15 is 0 Å². The Morgan fingerprint density at radius 3 is 2.42 bits per heavy atom. The maximum absolute atomic E-state index is 11.1. The van der Waals surface area contributed by atoms with Crippen molar-refractivity contribution in [3.8, 4) is 0 Å².